The van der Waals surface area contributed by atoms with Crippen molar-refractivity contribution in [3.8, 4) is 0 Å². The maximum Gasteiger partial charge on any atom is 0.168 e. The molecule has 1 N–H and O–H groups in total. The molecule has 124 valence electrons. The Labute approximate surface area is 149 Å². The standard InChI is InChI=1S/C19H16N4OS/c1-20-18-17(15-10-6-12-25-15)21-16(13-7-3-2-4-8-13)14-9-5-11-23(24)19(14)22-18/h2-12,17,24H,1H3. The smallest absolute Gasteiger partial charge is 0.168 e. The molecule has 0 saturated heterocycles. The highest BCUT2D eigenvalue weighted by atomic mass is 32.1. The zero-order valence-electron chi connectivity index (χ0n) is 13.6. The molecule has 0 bridgehead atoms. The minimum absolute atomic E-state index is 0.299. The molecule has 2 aliphatic rings. The van der Waals surface area contributed by atoms with Crippen molar-refractivity contribution in [2.75, 3.05) is 7.05 Å². The summed E-state index contributed by atoms with van der Waals surface area (Å²) in [4.78, 5) is 15.0. The van der Waals surface area contributed by atoms with Gasteiger partial charge in [0.1, 0.15) is 6.04 Å². The first-order valence-electron chi connectivity index (χ1n) is 7.87. The Kier molecular flexibility index (Phi) is 4.13. The van der Waals surface area contributed by atoms with Crippen LogP contribution in [0.3, 0.4) is 0 Å². The van der Waals surface area contributed by atoms with E-state index in [0.29, 0.717) is 11.7 Å². The average molecular weight is 348 g/mol. The first kappa shape index (κ1) is 15.7. The Balaban J connectivity index is 1.96. The number of hydroxylamine groups is 2. The van der Waals surface area contributed by atoms with Gasteiger partial charge in [-0.2, -0.15) is 0 Å². The lowest BCUT2D eigenvalue weighted by molar-refractivity contribution is 0.0379. The number of rotatable bonds is 2. The van der Waals surface area contributed by atoms with Crippen LogP contribution in [0.4, 0.5) is 0 Å². The van der Waals surface area contributed by atoms with Crippen LogP contribution in [0.25, 0.3) is 0 Å². The Morgan fingerprint density at radius 2 is 2.00 bits per heavy atom. The van der Waals surface area contributed by atoms with Crippen molar-refractivity contribution in [2.24, 2.45) is 15.0 Å². The summed E-state index contributed by atoms with van der Waals surface area (Å²) in [7, 11) is 1.70. The van der Waals surface area contributed by atoms with Crippen LogP contribution in [-0.2, 0) is 0 Å². The van der Waals surface area contributed by atoms with Gasteiger partial charge < -0.3 is 0 Å². The number of hydrogen-bond donors (Lipinski definition) is 1. The van der Waals surface area contributed by atoms with E-state index in [2.05, 4.69) is 9.98 Å². The number of hydrogen-bond acceptors (Lipinski definition) is 5. The zero-order valence-corrected chi connectivity index (χ0v) is 14.4. The summed E-state index contributed by atoms with van der Waals surface area (Å²) in [5, 5.41) is 13.3. The molecule has 0 aliphatic carbocycles. The third kappa shape index (κ3) is 2.86. The number of thiophene rings is 1. The molecule has 6 heteroatoms. The highest BCUT2D eigenvalue weighted by Gasteiger charge is 2.30. The summed E-state index contributed by atoms with van der Waals surface area (Å²) in [6.07, 6.45) is 5.26. The van der Waals surface area contributed by atoms with Crippen LogP contribution >= 0.6 is 11.3 Å². The number of nitrogens with zero attached hydrogens (tertiary/aromatic N) is 4. The molecule has 1 aromatic heterocycles. The molecular formula is C19H16N4OS. The van der Waals surface area contributed by atoms with Gasteiger partial charge in [0.25, 0.3) is 0 Å². The lowest BCUT2D eigenvalue weighted by Gasteiger charge is -2.20. The van der Waals surface area contributed by atoms with Crippen molar-refractivity contribution in [1.29, 1.82) is 0 Å². The number of aliphatic imine (C=N–C) groups is 3. The van der Waals surface area contributed by atoms with E-state index >= 15 is 0 Å². The van der Waals surface area contributed by atoms with Gasteiger partial charge in [0.05, 0.1) is 5.71 Å². The van der Waals surface area contributed by atoms with E-state index in [-0.39, 0.29) is 6.04 Å². The molecule has 4 rings (SSSR count). The third-order valence-electron chi connectivity index (χ3n) is 4.02. The maximum absolute atomic E-state index is 10.3. The van der Waals surface area contributed by atoms with Gasteiger partial charge >= 0.3 is 0 Å². The average Bonchev–Trinajstić information content (AvgIpc) is 3.12. The Bertz CT molecular complexity index is 924. The molecular weight excluding hydrogens is 332 g/mol. The molecule has 0 spiro atoms. The van der Waals surface area contributed by atoms with Crippen molar-refractivity contribution in [3.05, 3.63) is 82.2 Å². The molecule has 3 heterocycles. The highest BCUT2D eigenvalue weighted by molar-refractivity contribution is 7.10. The minimum Gasteiger partial charge on any atom is -0.283 e. The summed E-state index contributed by atoms with van der Waals surface area (Å²) < 4.78 is 0. The van der Waals surface area contributed by atoms with Gasteiger partial charge in [0.15, 0.2) is 11.7 Å². The molecule has 2 aliphatic heterocycles. The van der Waals surface area contributed by atoms with Crippen LogP contribution in [0, 0.1) is 0 Å². The summed E-state index contributed by atoms with van der Waals surface area (Å²) in [6.45, 7) is 0. The topological polar surface area (TPSA) is 60.5 Å². The van der Waals surface area contributed by atoms with E-state index in [1.165, 1.54) is 0 Å². The Morgan fingerprint density at radius 3 is 2.72 bits per heavy atom. The van der Waals surface area contributed by atoms with Gasteiger partial charge in [0, 0.05) is 29.3 Å². The molecule has 0 amide bonds. The Morgan fingerprint density at radius 1 is 1.16 bits per heavy atom. The van der Waals surface area contributed by atoms with Crippen LogP contribution < -0.4 is 0 Å². The van der Waals surface area contributed by atoms with Gasteiger partial charge in [-0.25, -0.2) is 10.1 Å². The lowest BCUT2D eigenvalue weighted by atomic mass is 9.99. The van der Waals surface area contributed by atoms with Gasteiger partial charge in [-0.3, -0.25) is 15.2 Å². The molecule has 0 fully saturated rings. The number of amidine groups is 2. The predicted molar refractivity (Wildman–Crippen MR) is 102 cm³/mol. The maximum atomic E-state index is 10.3. The second-order valence-corrected chi connectivity index (χ2v) is 6.52. The van der Waals surface area contributed by atoms with Crippen LogP contribution in [0.5, 0.6) is 0 Å². The van der Waals surface area contributed by atoms with Crippen LogP contribution in [0.1, 0.15) is 16.5 Å². The van der Waals surface area contributed by atoms with E-state index in [9.17, 15) is 5.21 Å². The third-order valence-corrected chi connectivity index (χ3v) is 4.94. The SMILES string of the molecule is CN=C1N=C2C(=CC=CN2O)C(c2ccccc2)=NC1c1cccs1. The summed E-state index contributed by atoms with van der Waals surface area (Å²) in [5.41, 5.74) is 2.54. The van der Waals surface area contributed by atoms with E-state index in [0.717, 1.165) is 26.8 Å². The normalized spacial score (nSPS) is 21.4. The number of allylic oxidation sites excluding steroid dienone is 2. The fourth-order valence-corrected chi connectivity index (χ4v) is 3.61. The first-order chi connectivity index (χ1) is 12.3. The molecule has 1 atom stereocenters. The van der Waals surface area contributed by atoms with E-state index < -0.39 is 0 Å². The van der Waals surface area contributed by atoms with Gasteiger partial charge in [0.2, 0.25) is 0 Å². The fourth-order valence-electron chi connectivity index (χ4n) is 2.85. The van der Waals surface area contributed by atoms with E-state index in [1.54, 1.807) is 30.7 Å². The van der Waals surface area contributed by atoms with E-state index in [1.807, 2.05) is 53.9 Å². The quantitative estimate of drug-likeness (QED) is 0.896. The Hall–Kier alpha value is -2.83. The number of fused-ring (bicyclic) bond motifs is 1. The monoisotopic (exact) mass is 348 g/mol. The molecule has 1 aromatic carbocycles. The van der Waals surface area contributed by atoms with Crippen LogP contribution in [-0.4, -0.2) is 34.7 Å². The van der Waals surface area contributed by atoms with Crippen molar-refractivity contribution in [1.82, 2.24) is 5.06 Å². The van der Waals surface area contributed by atoms with Crippen LogP contribution in [0.15, 0.2) is 86.7 Å². The fraction of sp³-hybridized carbons (Fsp3) is 0.105. The zero-order chi connectivity index (χ0) is 17.2. The summed E-state index contributed by atoms with van der Waals surface area (Å²) in [5.74, 6) is 1.01. The van der Waals surface area contributed by atoms with Crippen LogP contribution in [0.2, 0.25) is 0 Å². The molecule has 1 unspecified atom stereocenters. The molecule has 0 saturated carbocycles. The number of benzene rings is 1. The van der Waals surface area contributed by atoms with Gasteiger partial charge in [-0.1, -0.05) is 36.4 Å². The van der Waals surface area contributed by atoms with Crippen molar-refractivity contribution in [3.63, 3.8) is 0 Å². The van der Waals surface area contributed by atoms with E-state index in [4.69, 9.17) is 4.99 Å². The van der Waals surface area contributed by atoms with Crippen molar-refractivity contribution < 1.29 is 5.21 Å². The highest BCUT2D eigenvalue weighted by Crippen LogP contribution is 2.30. The first-order valence-corrected chi connectivity index (χ1v) is 8.75. The molecule has 0 radical (unpaired) electrons. The largest absolute Gasteiger partial charge is 0.283 e. The second-order valence-electron chi connectivity index (χ2n) is 5.55. The predicted octanol–water partition coefficient (Wildman–Crippen LogP) is 3.86. The van der Waals surface area contributed by atoms with Gasteiger partial charge in [-0.15, -0.1) is 11.3 Å². The molecule has 5 nitrogen and oxygen atoms in total. The lowest BCUT2D eigenvalue weighted by Crippen LogP contribution is -2.29. The summed E-state index contributed by atoms with van der Waals surface area (Å²) in [6, 6.07) is 13.7. The van der Waals surface area contributed by atoms with Gasteiger partial charge in [-0.05, 0) is 23.6 Å². The second kappa shape index (κ2) is 6.58. The summed E-state index contributed by atoms with van der Waals surface area (Å²) >= 11 is 1.62. The molecule has 25 heavy (non-hydrogen) atoms. The van der Waals surface area contributed by atoms with Crippen molar-refractivity contribution in [2.45, 2.75) is 6.04 Å². The van der Waals surface area contributed by atoms with Crippen molar-refractivity contribution >= 4 is 28.7 Å². The minimum atomic E-state index is -0.299. The molecule has 2 aromatic rings.